The molecule has 0 radical (unpaired) electrons. The molecule has 1 aromatic carbocycles. The summed E-state index contributed by atoms with van der Waals surface area (Å²) in [5.74, 6) is -1.16. The van der Waals surface area contributed by atoms with Crippen LogP contribution in [0.1, 0.15) is 18.1 Å². The quantitative estimate of drug-likeness (QED) is 0.867. The third-order valence-electron chi connectivity index (χ3n) is 2.45. The molecule has 0 saturated heterocycles. The number of hydrogen-bond acceptors (Lipinski definition) is 2. The summed E-state index contributed by atoms with van der Waals surface area (Å²) in [5, 5.41) is 2.34. The predicted molar refractivity (Wildman–Crippen MR) is 61.9 cm³/mol. The Morgan fingerprint density at radius 1 is 1.26 bits per heavy atom. The van der Waals surface area contributed by atoms with Gasteiger partial charge in [-0.15, -0.1) is 0 Å². The van der Waals surface area contributed by atoms with Gasteiger partial charge in [0, 0.05) is 0 Å². The van der Waals surface area contributed by atoms with Crippen LogP contribution >= 0.6 is 0 Å². The summed E-state index contributed by atoms with van der Waals surface area (Å²) in [4.78, 5) is 22.2. The van der Waals surface area contributed by atoms with E-state index in [1.54, 1.807) is 0 Å². The summed E-state index contributed by atoms with van der Waals surface area (Å²) < 4.78 is 36.9. The van der Waals surface area contributed by atoms with Gasteiger partial charge in [0.2, 0.25) is 11.8 Å². The maximum Gasteiger partial charge on any atom is 0.416 e. The number of nitrogens with two attached hydrogens (primary N) is 1. The normalized spacial score (nSPS) is 12.8. The largest absolute Gasteiger partial charge is 0.416 e. The van der Waals surface area contributed by atoms with Crippen molar-refractivity contribution in [3.8, 4) is 0 Å². The van der Waals surface area contributed by atoms with Crippen molar-refractivity contribution in [3.63, 3.8) is 0 Å². The Morgan fingerprint density at radius 3 is 2.21 bits per heavy atom. The van der Waals surface area contributed by atoms with Crippen molar-refractivity contribution >= 4 is 11.8 Å². The number of rotatable bonds is 4. The van der Waals surface area contributed by atoms with E-state index in [0.717, 1.165) is 12.1 Å². The van der Waals surface area contributed by atoms with Crippen LogP contribution in [0.4, 0.5) is 13.2 Å². The van der Waals surface area contributed by atoms with Gasteiger partial charge < -0.3 is 11.1 Å². The van der Waals surface area contributed by atoms with Crippen molar-refractivity contribution in [1.82, 2.24) is 5.32 Å². The highest BCUT2D eigenvalue weighted by atomic mass is 19.4. The van der Waals surface area contributed by atoms with Crippen molar-refractivity contribution in [3.05, 3.63) is 35.4 Å². The molecule has 19 heavy (non-hydrogen) atoms. The number of hydrogen-bond donors (Lipinski definition) is 2. The first kappa shape index (κ1) is 15.0. The van der Waals surface area contributed by atoms with Gasteiger partial charge >= 0.3 is 6.18 Å². The van der Waals surface area contributed by atoms with E-state index in [-0.39, 0.29) is 6.42 Å². The molecule has 7 heteroatoms. The predicted octanol–water partition coefficient (Wildman–Crippen LogP) is 1.24. The van der Waals surface area contributed by atoms with Gasteiger partial charge in [-0.3, -0.25) is 9.59 Å². The Balaban J connectivity index is 2.63. The molecule has 104 valence electrons. The van der Waals surface area contributed by atoms with E-state index in [0.29, 0.717) is 5.56 Å². The van der Waals surface area contributed by atoms with Crippen LogP contribution in [0, 0.1) is 0 Å². The van der Waals surface area contributed by atoms with Gasteiger partial charge in [0.25, 0.3) is 0 Å². The minimum atomic E-state index is -4.40. The molecule has 3 N–H and O–H groups in total. The fourth-order valence-electron chi connectivity index (χ4n) is 1.36. The molecule has 1 atom stereocenters. The third-order valence-corrected chi connectivity index (χ3v) is 2.45. The molecule has 1 aromatic rings. The molecule has 4 nitrogen and oxygen atoms in total. The standard InChI is InChI=1S/C12H13F3N2O2/c1-7(11(16)19)17-10(18)6-8-2-4-9(5-3-8)12(13,14)15/h2-5,7H,6H2,1H3,(H2,16,19)(H,17,18)/t7-/m1/s1. The smallest absolute Gasteiger partial charge is 0.368 e. The maximum atomic E-state index is 12.3. The van der Waals surface area contributed by atoms with Gasteiger partial charge in [-0.1, -0.05) is 12.1 Å². The number of alkyl halides is 3. The molecule has 0 aliphatic rings. The Morgan fingerprint density at radius 2 is 1.79 bits per heavy atom. The molecule has 0 aliphatic carbocycles. The lowest BCUT2D eigenvalue weighted by molar-refractivity contribution is -0.137. The van der Waals surface area contributed by atoms with Crippen molar-refractivity contribution in [2.45, 2.75) is 25.6 Å². The van der Waals surface area contributed by atoms with Crippen LogP contribution in [-0.2, 0) is 22.2 Å². The van der Waals surface area contributed by atoms with Gasteiger partial charge in [0.1, 0.15) is 6.04 Å². The fourth-order valence-corrected chi connectivity index (χ4v) is 1.36. The molecular weight excluding hydrogens is 261 g/mol. The Kier molecular flexibility index (Phi) is 4.52. The minimum absolute atomic E-state index is 0.115. The van der Waals surface area contributed by atoms with Crippen LogP contribution in [0.15, 0.2) is 24.3 Å². The van der Waals surface area contributed by atoms with E-state index in [9.17, 15) is 22.8 Å². The van der Waals surface area contributed by atoms with E-state index in [1.165, 1.54) is 19.1 Å². The highest BCUT2D eigenvalue weighted by Crippen LogP contribution is 2.29. The second kappa shape index (κ2) is 5.73. The Hall–Kier alpha value is -2.05. The molecular formula is C12H13F3N2O2. The number of halogens is 3. The molecule has 0 fully saturated rings. The number of carbonyl (C=O) groups is 2. The van der Waals surface area contributed by atoms with Crippen LogP contribution in [0.5, 0.6) is 0 Å². The molecule has 0 heterocycles. The second-order valence-corrected chi connectivity index (χ2v) is 4.06. The fraction of sp³-hybridized carbons (Fsp3) is 0.333. The summed E-state index contributed by atoms with van der Waals surface area (Å²) in [7, 11) is 0. The van der Waals surface area contributed by atoms with Crippen LogP contribution in [0.25, 0.3) is 0 Å². The zero-order valence-electron chi connectivity index (χ0n) is 10.1. The number of benzene rings is 1. The van der Waals surface area contributed by atoms with Crippen molar-refractivity contribution in [2.24, 2.45) is 5.73 Å². The lowest BCUT2D eigenvalue weighted by atomic mass is 10.1. The molecule has 0 aliphatic heterocycles. The highest BCUT2D eigenvalue weighted by Gasteiger charge is 2.29. The summed E-state index contributed by atoms with van der Waals surface area (Å²) in [6, 6.07) is 3.43. The average molecular weight is 274 g/mol. The first-order valence-electron chi connectivity index (χ1n) is 5.45. The van der Waals surface area contributed by atoms with Gasteiger partial charge in [-0.2, -0.15) is 13.2 Å². The molecule has 0 bridgehead atoms. The molecule has 2 amide bonds. The number of nitrogens with one attached hydrogen (secondary N) is 1. The second-order valence-electron chi connectivity index (χ2n) is 4.06. The summed E-state index contributed by atoms with van der Waals surface area (Å²) in [5.41, 5.74) is 4.61. The minimum Gasteiger partial charge on any atom is -0.368 e. The summed E-state index contributed by atoms with van der Waals surface area (Å²) in [6.45, 7) is 1.42. The van der Waals surface area contributed by atoms with Crippen LogP contribution in [0.3, 0.4) is 0 Å². The average Bonchev–Trinajstić information content (AvgIpc) is 2.28. The zero-order chi connectivity index (χ0) is 14.6. The van der Waals surface area contributed by atoms with E-state index in [2.05, 4.69) is 5.32 Å². The lowest BCUT2D eigenvalue weighted by Crippen LogP contribution is -2.42. The highest BCUT2D eigenvalue weighted by molar-refractivity contribution is 5.87. The van der Waals surface area contributed by atoms with E-state index >= 15 is 0 Å². The molecule has 0 aromatic heterocycles. The number of carbonyl (C=O) groups excluding carboxylic acids is 2. The Bertz CT molecular complexity index is 469. The van der Waals surface area contributed by atoms with Crippen molar-refractivity contribution in [2.75, 3.05) is 0 Å². The van der Waals surface area contributed by atoms with Gasteiger partial charge in [-0.25, -0.2) is 0 Å². The van der Waals surface area contributed by atoms with Crippen LogP contribution < -0.4 is 11.1 Å². The molecule has 0 spiro atoms. The zero-order valence-corrected chi connectivity index (χ0v) is 10.1. The van der Waals surface area contributed by atoms with Crippen molar-refractivity contribution < 1.29 is 22.8 Å². The van der Waals surface area contributed by atoms with E-state index < -0.39 is 29.6 Å². The van der Waals surface area contributed by atoms with Crippen LogP contribution in [0.2, 0.25) is 0 Å². The molecule has 0 saturated carbocycles. The molecule has 0 unspecified atom stereocenters. The lowest BCUT2D eigenvalue weighted by Gasteiger charge is -2.11. The third kappa shape index (κ3) is 4.61. The maximum absolute atomic E-state index is 12.3. The van der Waals surface area contributed by atoms with E-state index in [4.69, 9.17) is 5.73 Å². The van der Waals surface area contributed by atoms with E-state index in [1.807, 2.05) is 0 Å². The number of primary amides is 1. The topological polar surface area (TPSA) is 72.2 Å². The monoisotopic (exact) mass is 274 g/mol. The summed E-state index contributed by atoms with van der Waals surface area (Å²) >= 11 is 0. The van der Waals surface area contributed by atoms with Crippen molar-refractivity contribution in [1.29, 1.82) is 0 Å². The van der Waals surface area contributed by atoms with Gasteiger partial charge in [0.05, 0.1) is 12.0 Å². The first-order valence-corrected chi connectivity index (χ1v) is 5.45. The summed E-state index contributed by atoms with van der Waals surface area (Å²) in [6.07, 6.45) is -4.52. The van der Waals surface area contributed by atoms with Gasteiger partial charge in [-0.05, 0) is 24.6 Å². The Labute approximate surface area is 107 Å². The SMILES string of the molecule is C[C@@H](NC(=O)Cc1ccc(C(F)(F)F)cc1)C(N)=O. The molecule has 1 rings (SSSR count). The van der Waals surface area contributed by atoms with Crippen LogP contribution in [-0.4, -0.2) is 17.9 Å². The van der Waals surface area contributed by atoms with Gasteiger partial charge in [0.15, 0.2) is 0 Å². The number of amides is 2. The first-order chi connectivity index (χ1) is 8.70.